The normalized spacial score (nSPS) is 9.25. The van der Waals surface area contributed by atoms with Crippen LogP contribution in [0.2, 0.25) is 0 Å². The predicted octanol–water partition coefficient (Wildman–Crippen LogP) is 3.05. The molecule has 0 spiro atoms. The molecule has 0 fully saturated rings. The maximum atomic E-state index is 5.56. The first kappa shape index (κ1) is 12.3. The number of halogens is 2. The number of thioether (sulfide) groups is 1. The van der Waals surface area contributed by atoms with Crippen molar-refractivity contribution in [3.05, 3.63) is 28.2 Å². The van der Waals surface area contributed by atoms with Crippen molar-refractivity contribution in [2.45, 2.75) is 11.4 Å². The minimum Gasteiger partial charge on any atom is -0.326 e. The predicted molar refractivity (Wildman–Crippen MR) is 61.1 cm³/mol. The Morgan fingerprint density at radius 1 is 1.50 bits per heavy atom. The quantitative estimate of drug-likeness (QED) is 0.835. The Bertz CT molecular complexity index is 255. The van der Waals surface area contributed by atoms with Gasteiger partial charge in [-0.2, -0.15) is 0 Å². The Morgan fingerprint density at radius 2 is 2.17 bits per heavy atom. The number of hydrogen-bond acceptors (Lipinski definition) is 2. The molecule has 0 atom stereocenters. The van der Waals surface area contributed by atoms with Crippen molar-refractivity contribution in [1.29, 1.82) is 0 Å². The van der Waals surface area contributed by atoms with Crippen LogP contribution < -0.4 is 5.73 Å². The number of benzene rings is 1. The van der Waals surface area contributed by atoms with Crippen LogP contribution in [0.5, 0.6) is 0 Å². The van der Waals surface area contributed by atoms with Crippen molar-refractivity contribution in [2.24, 2.45) is 5.73 Å². The van der Waals surface area contributed by atoms with Crippen LogP contribution in [0, 0.1) is 0 Å². The summed E-state index contributed by atoms with van der Waals surface area (Å²) in [4.78, 5) is 1.26. The summed E-state index contributed by atoms with van der Waals surface area (Å²) in [6.45, 7) is 0.607. The molecule has 0 aliphatic heterocycles. The number of nitrogens with two attached hydrogens (primary N) is 1. The fourth-order valence-corrected chi connectivity index (χ4v) is 1.92. The van der Waals surface area contributed by atoms with Crippen LogP contribution in [-0.4, -0.2) is 6.26 Å². The molecule has 0 radical (unpaired) electrons. The van der Waals surface area contributed by atoms with Crippen LogP contribution in [0.4, 0.5) is 0 Å². The standard InChI is InChI=1S/C8H10BrNS.ClH/c1-11-8-3-2-7(9)4-6(8)5-10;/h2-4H,5,10H2,1H3;1H. The van der Waals surface area contributed by atoms with E-state index in [9.17, 15) is 0 Å². The summed E-state index contributed by atoms with van der Waals surface area (Å²) in [7, 11) is 0. The van der Waals surface area contributed by atoms with Gasteiger partial charge in [0, 0.05) is 15.9 Å². The monoisotopic (exact) mass is 267 g/mol. The van der Waals surface area contributed by atoms with E-state index in [-0.39, 0.29) is 12.4 Å². The molecule has 1 aromatic carbocycles. The van der Waals surface area contributed by atoms with Gasteiger partial charge in [-0.15, -0.1) is 24.2 Å². The van der Waals surface area contributed by atoms with Crippen molar-refractivity contribution < 1.29 is 0 Å². The molecule has 12 heavy (non-hydrogen) atoms. The molecule has 68 valence electrons. The van der Waals surface area contributed by atoms with Gasteiger partial charge in [-0.05, 0) is 30.0 Å². The Kier molecular flexibility index (Phi) is 6.01. The van der Waals surface area contributed by atoms with Gasteiger partial charge in [0.05, 0.1) is 0 Å². The molecule has 0 aliphatic rings. The van der Waals surface area contributed by atoms with E-state index in [1.54, 1.807) is 11.8 Å². The summed E-state index contributed by atoms with van der Waals surface area (Å²) in [5.74, 6) is 0. The van der Waals surface area contributed by atoms with Gasteiger partial charge in [0.25, 0.3) is 0 Å². The highest BCUT2D eigenvalue weighted by Crippen LogP contribution is 2.23. The highest BCUT2D eigenvalue weighted by molar-refractivity contribution is 9.10. The van der Waals surface area contributed by atoms with E-state index in [2.05, 4.69) is 34.3 Å². The molecular weight excluding hydrogens is 258 g/mol. The average molecular weight is 269 g/mol. The second-order valence-electron chi connectivity index (χ2n) is 2.16. The molecule has 0 amide bonds. The lowest BCUT2D eigenvalue weighted by molar-refractivity contribution is 1.02. The third kappa shape index (κ3) is 2.98. The second-order valence-corrected chi connectivity index (χ2v) is 3.92. The smallest absolute Gasteiger partial charge is 0.0189 e. The van der Waals surface area contributed by atoms with Gasteiger partial charge in [-0.25, -0.2) is 0 Å². The van der Waals surface area contributed by atoms with Crippen molar-refractivity contribution in [3.8, 4) is 0 Å². The summed E-state index contributed by atoms with van der Waals surface area (Å²) in [5.41, 5.74) is 6.76. The van der Waals surface area contributed by atoms with E-state index in [0.29, 0.717) is 6.54 Å². The minimum atomic E-state index is 0. The van der Waals surface area contributed by atoms with Crippen LogP contribution >= 0.6 is 40.1 Å². The first-order valence-electron chi connectivity index (χ1n) is 3.30. The van der Waals surface area contributed by atoms with E-state index in [1.807, 2.05) is 6.07 Å². The Hall–Kier alpha value is 0.300. The lowest BCUT2D eigenvalue weighted by atomic mass is 10.2. The van der Waals surface area contributed by atoms with E-state index >= 15 is 0 Å². The molecule has 1 nitrogen and oxygen atoms in total. The van der Waals surface area contributed by atoms with Crippen LogP contribution in [0.25, 0.3) is 0 Å². The molecule has 1 rings (SSSR count). The van der Waals surface area contributed by atoms with Crippen LogP contribution in [-0.2, 0) is 6.54 Å². The van der Waals surface area contributed by atoms with E-state index < -0.39 is 0 Å². The Morgan fingerprint density at radius 3 is 2.67 bits per heavy atom. The van der Waals surface area contributed by atoms with Crippen LogP contribution in [0.3, 0.4) is 0 Å². The van der Waals surface area contributed by atoms with Crippen molar-refractivity contribution >= 4 is 40.1 Å². The molecule has 0 heterocycles. The summed E-state index contributed by atoms with van der Waals surface area (Å²) < 4.78 is 1.09. The highest BCUT2D eigenvalue weighted by atomic mass is 79.9. The SMILES string of the molecule is CSc1ccc(Br)cc1CN.Cl. The molecule has 1 aromatic rings. The molecule has 4 heteroatoms. The first-order chi connectivity index (χ1) is 5.27. The van der Waals surface area contributed by atoms with Gasteiger partial charge in [0.15, 0.2) is 0 Å². The number of hydrogen-bond donors (Lipinski definition) is 1. The zero-order valence-corrected chi connectivity index (χ0v) is 9.93. The van der Waals surface area contributed by atoms with Crippen molar-refractivity contribution in [1.82, 2.24) is 0 Å². The summed E-state index contributed by atoms with van der Waals surface area (Å²) in [6.07, 6.45) is 2.06. The fraction of sp³-hybridized carbons (Fsp3) is 0.250. The van der Waals surface area contributed by atoms with Crippen molar-refractivity contribution in [3.63, 3.8) is 0 Å². The molecule has 0 saturated heterocycles. The van der Waals surface area contributed by atoms with Gasteiger partial charge in [0.1, 0.15) is 0 Å². The van der Waals surface area contributed by atoms with E-state index in [0.717, 1.165) is 4.47 Å². The largest absolute Gasteiger partial charge is 0.326 e. The van der Waals surface area contributed by atoms with Gasteiger partial charge in [0.2, 0.25) is 0 Å². The Labute approximate surface area is 91.6 Å². The molecule has 0 bridgehead atoms. The van der Waals surface area contributed by atoms with E-state index in [4.69, 9.17) is 5.73 Å². The zero-order chi connectivity index (χ0) is 8.27. The third-order valence-electron chi connectivity index (χ3n) is 1.46. The van der Waals surface area contributed by atoms with Gasteiger partial charge in [-0.3, -0.25) is 0 Å². The molecular formula is C8H11BrClNS. The molecule has 0 aliphatic carbocycles. The van der Waals surface area contributed by atoms with Crippen LogP contribution in [0.1, 0.15) is 5.56 Å². The lowest BCUT2D eigenvalue weighted by Crippen LogP contribution is -1.97. The van der Waals surface area contributed by atoms with Crippen LogP contribution in [0.15, 0.2) is 27.6 Å². The van der Waals surface area contributed by atoms with Gasteiger partial charge >= 0.3 is 0 Å². The fourth-order valence-electron chi connectivity index (χ4n) is 0.907. The topological polar surface area (TPSA) is 26.0 Å². The van der Waals surface area contributed by atoms with Crippen molar-refractivity contribution in [2.75, 3.05) is 6.26 Å². The lowest BCUT2D eigenvalue weighted by Gasteiger charge is -2.04. The highest BCUT2D eigenvalue weighted by Gasteiger charge is 1.98. The van der Waals surface area contributed by atoms with E-state index in [1.165, 1.54) is 10.5 Å². The average Bonchev–Trinajstić information content (AvgIpc) is 2.04. The number of rotatable bonds is 2. The molecule has 0 saturated carbocycles. The zero-order valence-electron chi connectivity index (χ0n) is 6.71. The second kappa shape index (κ2) is 5.86. The summed E-state index contributed by atoms with van der Waals surface area (Å²) in [5, 5.41) is 0. The van der Waals surface area contributed by atoms with Gasteiger partial charge in [-0.1, -0.05) is 15.9 Å². The summed E-state index contributed by atoms with van der Waals surface area (Å²) in [6, 6.07) is 6.17. The maximum absolute atomic E-state index is 5.56. The maximum Gasteiger partial charge on any atom is 0.0189 e. The summed E-state index contributed by atoms with van der Waals surface area (Å²) >= 11 is 5.13. The Balaban J connectivity index is 0.00000121. The molecule has 0 aromatic heterocycles. The van der Waals surface area contributed by atoms with Gasteiger partial charge < -0.3 is 5.73 Å². The first-order valence-corrected chi connectivity index (χ1v) is 5.32. The molecule has 0 unspecified atom stereocenters. The third-order valence-corrected chi connectivity index (χ3v) is 2.79. The minimum absolute atomic E-state index is 0. The molecule has 2 N–H and O–H groups in total.